The number of carbonyl (C=O) groups is 1. The minimum Gasteiger partial charge on any atom is -0.466 e. The second-order valence-corrected chi connectivity index (χ2v) is 6.62. The molecule has 0 spiro atoms. The van der Waals surface area contributed by atoms with Gasteiger partial charge in [-0.1, -0.05) is 18.2 Å². The molecule has 1 aromatic carbocycles. The number of hydrogen-bond donors (Lipinski definition) is 2. The highest BCUT2D eigenvalue weighted by molar-refractivity contribution is 5.83. The van der Waals surface area contributed by atoms with Gasteiger partial charge in [-0.25, -0.2) is 0 Å². The Morgan fingerprint density at radius 3 is 3.08 bits per heavy atom. The monoisotopic (exact) mass is 356 g/mol. The molecule has 0 aliphatic carbocycles. The Bertz CT molecular complexity index is 768. The molecule has 2 aromatic rings. The minimum atomic E-state index is -0.0913. The van der Waals surface area contributed by atoms with E-state index in [0.717, 1.165) is 38.3 Å². The van der Waals surface area contributed by atoms with E-state index in [1.54, 1.807) is 7.05 Å². The number of hydrogen-bond acceptors (Lipinski definition) is 3. The normalized spacial score (nSPS) is 18.2. The molecule has 1 aromatic heterocycles. The fourth-order valence-corrected chi connectivity index (χ4v) is 3.60. The number of esters is 1. The summed E-state index contributed by atoms with van der Waals surface area (Å²) in [6.45, 7) is 4.68. The third kappa shape index (κ3) is 4.18. The van der Waals surface area contributed by atoms with Crippen LogP contribution in [0.2, 0.25) is 0 Å². The van der Waals surface area contributed by atoms with Gasteiger partial charge >= 0.3 is 5.97 Å². The van der Waals surface area contributed by atoms with Crippen molar-refractivity contribution in [3.05, 3.63) is 36.0 Å². The number of guanidine groups is 1. The molecule has 3 rings (SSSR count). The van der Waals surface area contributed by atoms with Crippen molar-refractivity contribution < 1.29 is 9.53 Å². The molecule has 0 amide bonds. The fraction of sp³-hybridized carbons (Fsp3) is 0.500. The van der Waals surface area contributed by atoms with E-state index >= 15 is 0 Å². The quantitative estimate of drug-likeness (QED) is 0.491. The van der Waals surface area contributed by atoms with Crippen molar-refractivity contribution in [1.82, 2.24) is 15.2 Å². The lowest BCUT2D eigenvalue weighted by Gasteiger charge is -2.33. The van der Waals surface area contributed by atoms with Crippen LogP contribution in [0.4, 0.5) is 0 Å². The molecule has 1 atom stereocenters. The van der Waals surface area contributed by atoms with Crippen LogP contribution in [0.1, 0.15) is 25.3 Å². The Hall–Kier alpha value is -2.50. The van der Waals surface area contributed by atoms with Crippen molar-refractivity contribution in [3.63, 3.8) is 0 Å². The van der Waals surface area contributed by atoms with Gasteiger partial charge in [0.15, 0.2) is 5.96 Å². The van der Waals surface area contributed by atoms with Crippen LogP contribution >= 0.6 is 0 Å². The molecule has 1 aliphatic heterocycles. The molecule has 140 valence electrons. The number of H-pyrrole nitrogens is 1. The molecular weight excluding hydrogens is 328 g/mol. The third-order valence-electron chi connectivity index (χ3n) is 4.91. The van der Waals surface area contributed by atoms with Crippen LogP contribution in [0.25, 0.3) is 10.9 Å². The summed E-state index contributed by atoms with van der Waals surface area (Å²) in [4.78, 5) is 21.9. The first-order valence-electron chi connectivity index (χ1n) is 9.40. The van der Waals surface area contributed by atoms with Crippen LogP contribution in [0.3, 0.4) is 0 Å². The van der Waals surface area contributed by atoms with Gasteiger partial charge in [-0.15, -0.1) is 0 Å². The Morgan fingerprint density at radius 2 is 2.27 bits per heavy atom. The van der Waals surface area contributed by atoms with Crippen molar-refractivity contribution in [2.45, 2.75) is 26.2 Å². The van der Waals surface area contributed by atoms with Gasteiger partial charge in [-0.05, 0) is 37.8 Å². The minimum absolute atomic E-state index is 0.0594. The Balaban J connectivity index is 1.55. The number of aliphatic imine (C=N–C) groups is 1. The second kappa shape index (κ2) is 8.74. The predicted octanol–water partition coefficient (Wildman–Crippen LogP) is 2.56. The number of likely N-dealkylation sites (tertiary alicyclic amines) is 1. The number of nitrogens with one attached hydrogen (secondary N) is 2. The lowest BCUT2D eigenvalue weighted by Crippen LogP contribution is -2.48. The number of carbonyl (C=O) groups excluding carboxylic acids is 1. The summed E-state index contributed by atoms with van der Waals surface area (Å²) < 4.78 is 5.18. The van der Waals surface area contributed by atoms with E-state index in [4.69, 9.17) is 4.74 Å². The highest BCUT2D eigenvalue weighted by Crippen LogP contribution is 2.19. The van der Waals surface area contributed by atoms with E-state index in [9.17, 15) is 4.79 Å². The van der Waals surface area contributed by atoms with E-state index in [0.29, 0.717) is 13.2 Å². The summed E-state index contributed by atoms with van der Waals surface area (Å²) in [6, 6.07) is 8.34. The lowest BCUT2D eigenvalue weighted by atomic mass is 9.98. The first kappa shape index (κ1) is 18.3. The molecule has 2 heterocycles. The van der Waals surface area contributed by atoms with Crippen molar-refractivity contribution in [2.75, 3.05) is 33.3 Å². The zero-order valence-electron chi connectivity index (χ0n) is 15.6. The molecular formula is C20H28N4O2. The van der Waals surface area contributed by atoms with Crippen molar-refractivity contribution >= 4 is 22.8 Å². The summed E-state index contributed by atoms with van der Waals surface area (Å²) in [5.74, 6) is 0.709. The van der Waals surface area contributed by atoms with Gasteiger partial charge in [-0.2, -0.15) is 0 Å². The lowest BCUT2D eigenvalue weighted by molar-refractivity contribution is -0.149. The number of ether oxygens (including phenoxy) is 1. The summed E-state index contributed by atoms with van der Waals surface area (Å²) in [6.07, 6.45) is 4.86. The van der Waals surface area contributed by atoms with Crippen molar-refractivity contribution in [2.24, 2.45) is 10.9 Å². The number of aromatic nitrogens is 1. The first-order chi connectivity index (χ1) is 12.7. The van der Waals surface area contributed by atoms with Crippen molar-refractivity contribution in [3.8, 4) is 0 Å². The number of aromatic amines is 1. The van der Waals surface area contributed by atoms with Gasteiger partial charge in [0.1, 0.15) is 0 Å². The summed E-state index contributed by atoms with van der Waals surface area (Å²) >= 11 is 0. The summed E-state index contributed by atoms with van der Waals surface area (Å²) in [5.41, 5.74) is 2.46. The van der Waals surface area contributed by atoms with Crippen LogP contribution in [-0.2, 0) is 16.0 Å². The smallest absolute Gasteiger partial charge is 0.310 e. The van der Waals surface area contributed by atoms with Crippen LogP contribution in [-0.4, -0.2) is 55.1 Å². The molecule has 26 heavy (non-hydrogen) atoms. The summed E-state index contributed by atoms with van der Waals surface area (Å²) in [7, 11) is 1.79. The van der Waals surface area contributed by atoms with Crippen LogP contribution in [0.15, 0.2) is 35.5 Å². The van der Waals surface area contributed by atoms with E-state index in [1.165, 1.54) is 16.5 Å². The van der Waals surface area contributed by atoms with Crippen LogP contribution < -0.4 is 5.32 Å². The number of benzene rings is 1. The van der Waals surface area contributed by atoms with E-state index in [-0.39, 0.29) is 11.9 Å². The average Bonchev–Trinajstić information content (AvgIpc) is 3.09. The van der Waals surface area contributed by atoms with Gasteiger partial charge in [0.25, 0.3) is 0 Å². The van der Waals surface area contributed by atoms with Gasteiger partial charge in [-0.3, -0.25) is 9.79 Å². The van der Waals surface area contributed by atoms with Gasteiger partial charge in [0.05, 0.1) is 12.5 Å². The third-order valence-corrected chi connectivity index (χ3v) is 4.91. The fourth-order valence-electron chi connectivity index (χ4n) is 3.60. The van der Waals surface area contributed by atoms with Crippen LogP contribution in [0, 0.1) is 5.92 Å². The Labute approximate surface area is 154 Å². The standard InChI is InChI=1S/C20H28N4O2/c1-3-26-19(25)16-7-6-12-24(14-16)20(21-2)22-11-10-15-13-23-18-9-5-4-8-17(15)18/h4-5,8-9,13,16,23H,3,6-7,10-12,14H2,1-2H3,(H,21,22). The highest BCUT2D eigenvalue weighted by atomic mass is 16.5. The molecule has 2 N–H and O–H groups in total. The molecule has 1 fully saturated rings. The molecule has 1 aliphatic rings. The number of fused-ring (bicyclic) bond motifs is 1. The molecule has 6 nitrogen and oxygen atoms in total. The molecule has 0 saturated carbocycles. The van der Waals surface area contributed by atoms with Crippen molar-refractivity contribution in [1.29, 1.82) is 0 Å². The van der Waals surface area contributed by atoms with E-state index < -0.39 is 0 Å². The average molecular weight is 356 g/mol. The maximum absolute atomic E-state index is 12.0. The number of rotatable bonds is 5. The topological polar surface area (TPSA) is 69.7 Å². The van der Waals surface area contributed by atoms with E-state index in [1.807, 2.05) is 13.0 Å². The predicted molar refractivity (Wildman–Crippen MR) is 104 cm³/mol. The van der Waals surface area contributed by atoms with Gasteiger partial charge in [0.2, 0.25) is 0 Å². The molecule has 0 radical (unpaired) electrons. The van der Waals surface area contributed by atoms with E-state index in [2.05, 4.69) is 44.6 Å². The zero-order chi connectivity index (χ0) is 18.4. The summed E-state index contributed by atoms with van der Waals surface area (Å²) in [5, 5.41) is 4.71. The van der Waals surface area contributed by atoms with Crippen LogP contribution in [0.5, 0.6) is 0 Å². The van der Waals surface area contributed by atoms with Gasteiger partial charge < -0.3 is 19.9 Å². The zero-order valence-corrected chi connectivity index (χ0v) is 15.6. The van der Waals surface area contributed by atoms with Gasteiger partial charge in [0, 0.05) is 43.8 Å². The number of piperidine rings is 1. The maximum atomic E-state index is 12.0. The number of para-hydroxylation sites is 1. The first-order valence-corrected chi connectivity index (χ1v) is 9.40. The molecule has 0 bridgehead atoms. The molecule has 1 saturated heterocycles. The number of nitrogens with zero attached hydrogens (tertiary/aromatic N) is 2. The molecule has 1 unspecified atom stereocenters. The Kier molecular flexibility index (Phi) is 6.15. The molecule has 6 heteroatoms. The highest BCUT2D eigenvalue weighted by Gasteiger charge is 2.28. The largest absolute Gasteiger partial charge is 0.466 e. The Morgan fingerprint density at radius 1 is 1.42 bits per heavy atom. The SMILES string of the molecule is CCOC(=O)C1CCCN(C(=NC)NCCc2c[nH]c3ccccc23)C1. The maximum Gasteiger partial charge on any atom is 0.310 e. The second-order valence-electron chi connectivity index (χ2n) is 6.62.